The number of carbonyl (C=O) groups excluding carboxylic acids is 1. The van der Waals surface area contributed by atoms with Gasteiger partial charge in [-0.3, -0.25) is 19.2 Å². The predicted octanol–water partition coefficient (Wildman–Crippen LogP) is 8.20. The number of carboxylic acids is 1. The van der Waals surface area contributed by atoms with Gasteiger partial charge >= 0.3 is 5.97 Å². The van der Waals surface area contributed by atoms with Gasteiger partial charge in [-0.15, -0.1) is 36.7 Å². The first kappa shape index (κ1) is 49.8. The summed E-state index contributed by atoms with van der Waals surface area (Å²) in [5.74, 6) is 2.39. The van der Waals surface area contributed by atoms with Gasteiger partial charge < -0.3 is 44.6 Å². The van der Waals surface area contributed by atoms with Gasteiger partial charge in [-0.1, -0.05) is 24.3 Å². The number of carbonyl (C=O) groups is 2. The number of rotatable bonds is 13. The van der Waals surface area contributed by atoms with E-state index in [-0.39, 0.29) is 41.7 Å². The summed E-state index contributed by atoms with van der Waals surface area (Å²) in [5.41, 5.74) is 13.5. The third-order valence-electron chi connectivity index (χ3n) is 10.5. The number of nitrogens with two attached hydrogens (primary N) is 1. The molecular formula is C48H56N2O11S2. The third-order valence-corrected chi connectivity index (χ3v) is 12.0. The Labute approximate surface area is 377 Å². The molecule has 0 saturated heterocycles. The molecule has 0 saturated carbocycles. The topological polar surface area (TPSA) is 182 Å². The first-order valence-corrected chi connectivity index (χ1v) is 22.3. The summed E-state index contributed by atoms with van der Waals surface area (Å²) in [6.07, 6.45) is 9.72. The normalized spacial score (nSPS) is 14.2. The van der Waals surface area contributed by atoms with Crippen LogP contribution in [0.2, 0.25) is 0 Å². The molecule has 0 aromatic heterocycles. The molecule has 0 unspecified atom stereocenters. The Morgan fingerprint density at radius 2 is 1.13 bits per heavy atom. The van der Waals surface area contributed by atoms with Crippen molar-refractivity contribution in [2.24, 2.45) is 5.73 Å². The fourth-order valence-corrected chi connectivity index (χ4v) is 8.55. The quantitative estimate of drug-likeness (QED) is 0.0863. The molecule has 4 aromatic carbocycles. The second-order valence-corrected chi connectivity index (χ2v) is 15.8. The number of aryl methyl sites for hydroxylation is 2. The molecule has 0 radical (unpaired) electrons. The number of hydrogen-bond donors (Lipinski definition) is 3. The van der Waals surface area contributed by atoms with Crippen molar-refractivity contribution in [2.45, 2.75) is 60.4 Å². The van der Waals surface area contributed by atoms with Gasteiger partial charge in [0, 0.05) is 23.6 Å². The Bertz CT molecular complexity index is 2460. The van der Waals surface area contributed by atoms with Gasteiger partial charge in [0.15, 0.2) is 33.9 Å². The Morgan fingerprint density at radius 3 is 1.52 bits per heavy atom. The Balaban J connectivity index is 0.000000248. The van der Waals surface area contributed by atoms with Gasteiger partial charge in [0.05, 0.1) is 64.9 Å². The second-order valence-electron chi connectivity index (χ2n) is 14.1. The molecule has 2 aliphatic carbocycles. The maximum Gasteiger partial charge on any atom is 0.307 e. The van der Waals surface area contributed by atoms with E-state index in [1.165, 1.54) is 29.6 Å². The van der Waals surface area contributed by atoms with Crippen LogP contribution in [0.5, 0.6) is 34.5 Å². The minimum atomic E-state index is -0.829. The molecule has 13 nitrogen and oxygen atoms in total. The molecule has 4 aromatic rings. The Hall–Kier alpha value is -5.90. The van der Waals surface area contributed by atoms with E-state index in [9.17, 15) is 19.2 Å². The van der Waals surface area contributed by atoms with E-state index in [0.717, 1.165) is 57.3 Å². The van der Waals surface area contributed by atoms with Crippen molar-refractivity contribution in [2.75, 3.05) is 55.2 Å². The minimum Gasteiger partial charge on any atom is -0.493 e. The number of hydrogen-bond acceptors (Lipinski definition) is 13. The van der Waals surface area contributed by atoms with E-state index in [2.05, 4.69) is 18.5 Å². The number of thioether (sulfide) groups is 2. The molecule has 63 heavy (non-hydrogen) atoms. The monoisotopic (exact) mass is 900 g/mol. The highest BCUT2D eigenvalue weighted by atomic mass is 32.2. The highest BCUT2D eigenvalue weighted by Gasteiger charge is 2.30. The van der Waals surface area contributed by atoms with E-state index in [4.69, 9.17) is 39.3 Å². The maximum atomic E-state index is 12.9. The Morgan fingerprint density at radius 1 is 0.683 bits per heavy atom. The zero-order chi connectivity index (χ0) is 46.4. The zero-order valence-corrected chi connectivity index (χ0v) is 38.6. The highest BCUT2D eigenvalue weighted by molar-refractivity contribution is 7.98. The molecule has 0 heterocycles. The van der Waals surface area contributed by atoms with Crippen molar-refractivity contribution >= 4 is 35.4 Å². The molecule has 0 aliphatic heterocycles. The number of nitrogens with one attached hydrogen (secondary N) is 1. The number of amides is 1. The van der Waals surface area contributed by atoms with Gasteiger partial charge in [0.1, 0.15) is 0 Å². The van der Waals surface area contributed by atoms with Gasteiger partial charge in [-0.2, -0.15) is 0 Å². The first-order valence-electron chi connectivity index (χ1n) is 19.9. The van der Waals surface area contributed by atoms with Crippen LogP contribution in [0.25, 0.3) is 22.3 Å². The summed E-state index contributed by atoms with van der Waals surface area (Å²) >= 11 is 2.82. The SMILES string of the molecule is C=CCC(=O)N[C@H]1CCc2cc(OC)c(OC)c(OC)c2-c2ccc(SC)c(=O)cc21.C=CCC(=O)O.COc1cc2c(c(OC)c1OC)-c1ccc(SC)c(=O)cc1[C@@H](N)CC2. The van der Waals surface area contributed by atoms with Crippen LogP contribution in [0, 0.1) is 0 Å². The molecule has 15 heteroatoms. The predicted molar refractivity (Wildman–Crippen MR) is 251 cm³/mol. The average Bonchev–Trinajstić information content (AvgIpc) is 3.67. The van der Waals surface area contributed by atoms with Crippen LogP contribution < -0.4 is 50.3 Å². The molecule has 2 aliphatic rings. The van der Waals surface area contributed by atoms with Gasteiger partial charge in [-0.25, -0.2) is 0 Å². The van der Waals surface area contributed by atoms with Crippen molar-refractivity contribution < 1.29 is 43.1 Å². The number of benzene rings is 2. The van der Waals surface area contributed by atoms with Crippen molar-refractivity contribution in [1.82, 2.24) is 5.32 Å². The van der Waals surface area contributed by atoms with Crippen LogP contribution in [0.1, 0.15) is 60.0 Å². The van der Waals surface area contributed by atoms with Crippen LogP contribution in [-0.4, -0.2) is 72.2 Å². The minimum absolute atomic E-state index is 0.0166. The number of methoxy groups -OCH3 is 6. The standard InChI is InChI=1S/C24H27NO5S.C20H23NO4S.C4H6O2/c1-6-7-21(27)25-17-10-8-14-12-19(28-2)23(29-3)24(30-4)22(14)15-9-11-20(31-5)18(26)13-16(15)17;1-23-16-9-11-5-7-14(21)13-10-15(22)17(26-4)8-6-12(13)18(11)20(25-3)19(16)24-2;1-2-3-4(5)6/h6,9,11-13,17H,1,7-8,10H2,2-5H3,(H,25,27);6,8-10,14H,5,7,21H2,1-4H3;2H,1,3H2,(H,5,6)/t17-;14-;/m00./s1. The number of aliphatic carboxylic acids is 1. The summed E-state index contributed by atoms with van der Waals surface area (Å²) in [6, 6.07) is 14.2. The summed E-state index contributed by atoms with van der Waals surface area (Å²) in [5, 5.41) is 10.9. The van der Waals surface area contributed by atoms with E-state index in [1.54, 1.807) is 60.9 Å². The summed E-state index contributed by atoms with van der Waals surface area (Å²) in [4.78, 5) is 48.6. The lowest BCUT2D eigenvalue weighted by atomic mass is 9.95. The van der Waals surface area contributed by atoms with Gasteiger partial charge in [0.2, 0.25) is 17.4 Å². The molecule has 6 rings (SSSR count). The maximum absolute atomic E-state index is 12.9. The van der Waals surface area contributed by atoms with E-state index >= 15 is 0 Å². The van der Waals surface area contributed by atoms with Crippen LogP contribution in [0.15, 0.2) is 93.2 Å². The van der Waals surface area contributed by atoms with Crippen LogP contribution in [0.3, 0.4) is 0 Å². The second kappa shape index (κ2) is 23.5. The molecule has 1 amide bonds. The van der Waals surface area contributed by atoms with Crippen molar-refractivity contribution in [3.8, 4) is 56.8 Å². The first-order chi connectivity index (χ1) is 30.3. The van der Waals surface area contributed by atoms with Crippen molar-refractivity contribution in [3.05, 3.63) is 117 Å². The summed E-state index contributed by atoms with van der Waals surface area (Å²) < 4.78 is 33.7. The van der Waals surface area contributed by atoms with Gasteiger partial charge in [-0.05, 0) is 108 Å². The van der Waals surface area contributed by atoms with Gasteiger partial charge in [0.25, 0.3) is 0 Å². The van der Waals surface area contributed by atoms with E-state index in [0.29, 0.717) is 57.1 Å². The van der Waals surface area contributed by atoms with E-state index < -0.39 is 5.97 Å². The number of ether oxygens (including phenoxy) is 6. The van der Waals surface area contributed by atoms with E-state index in [1.807, 2.05) is 48.9 Å². The lowest BCUT2D eigenvalue weighted by Gasteiger charge is -2.20. The average molecular weight is 901 g/mol. The smallest absolute Gasteiger partial charge is 0.307 e. The number of fused-ring (bicyclic) bond motifs is 6. The summed E-state index contributed by atoms with van der Waals surface area (Å²) in [6.45, 7) is 6.86. The van der Waals surface area contributed by atoms with Crippen LogP contribution >= 0.6 is 23.5 Å². The van der Waals surface area contributed by atoms with Crippen LogP contribution in [0.4, 0.5) is 0 Å². The third kappa shape index (κ3) is 11.4. The molecule has 4 N–H and O–H groups in total. The largest absolute Gasteiger partial charge is 0.493 e. The zero-order valence-electron chi connectivity index (χ0n) is 37.0. The molecular weight excluding hydrogens is 845 g/mol. The lowest BCUT2D eigenvalue weighted by Crippen LogP contribution is -2.28. The lowest BCUT2D eigenvalue weighted by molar-refractivity contribution is -0.136. The molecule has 336 valence electrons. The van der Waals surface area contributed by atoms with Crippen molar-refractivity contribution in [1.29, 1.82) is 0 Å². The number of carboxylic acid groups (broad SMARTS) is 1. The molecule has 0 fully saturated rings. The summed E-state index contributed by atoms with van der Waals surface area (Å²) in [7, 11) is 9.53. The van der Waals surface area contributed by atoms with Crippen molar-refractivity contribution in [3.63, 3.8) is 0 Å². The fourth-order valence-electron chi connectivity index (χ4n) is 7.62. The molecule has 0 spiro atoms. The molecule has 0 bridgehead atoms. The fraction of sp³-hybridized carbons (Fsp3) is 0.333. The molecule has 2 atom stereocenters. The Kier molecular flexibility index (Phi) is 18.6. The highest BCUT2D eigenvalue weighted by Crippen LogP contribution is 2.51. The van der Waals surface area contributed by atoms with Crippen LogP contribution in [-0.2, 0) is 22.4 Å².